The first-order chi connectivity index (χ1) is 20.2. The minimum absolute atomic E-state index is 0.0406. The van der Waals surface area contributed by atoms with Crippen LogP contribution < -0.4 is 5.32 Å². The number of amides is 4. The molecule has 0 saturated carbocycles. The van der Waals surface area contributed by atoms with Gasteiger partial charge in [0.25, 0.3) is 5.91 Å². The molecule has 0 radical (unpaired) electrons. The fourth-order valence-corrected chi connectivity index (χ4v) is 6.83. The van der Waals surface area contributed by atoms with E-state index in [9.17, 15) is 14.4 Å². The van der Waals surface area contributed by atoms with Gasteiger partial charge in [-0.15, -0.1) is 0 Å². The summed E-state index contributed by atoms with van der Waals surface area (Å²) in [6.07, 6.45) is 2.82. The van der Waals surface area contributed by atoms with Crippen molar-refractivity contribution in [3.63, 3.8) is 0 Å². The molecule has 3 aliphatic rings. The van der Waals surface area contributed by atoms with Crippen LogP contribution >= 0.6 is 31.9 Å². The number of rotatable bonds is 6. The molecular weight excluding hydrogens is 666 g/mol. The summed E-state index contributed by atoms with van der Waals surface area (Å²) < 4.78 is 7.78. The Morgan fingerprint density at radius 2 is 1.64 bits per heavy atom. The predicted molar refractivity (Wildman–Crippen MR) is 170 cm³/mol. The number of ether oxygens (including phenoxy) is 1. The monoisotopic (exact) mass is 703 g/mol. The number of piperidine rings is 2. The minimum atomic E-state index is -0.908. The lowest BCUT2D eigenvalue weighted by molar-refractivity contribution is -0.142. The highest BCUT2D eigenvalue weighted by molar-refractivity contribution is 9.13. The van der Waals surface area contributed by atoms with Crippen molar-refractivity contribution in [2.24, 2.45) is 0 Å². The maximum Gasteiger partial charge on any atom is 0.410 e. The lowest BCUT2D eigenvalue weighted by Gasteiger charge is -2.38. The van der Waals surface area contributed by atoms with Crippen molar-refractivity contribution in [1.29, 1.82) is 0 Å². The number of para-hydroxylation sites is 1. The third kappa shape index (κ3) is 7.29. The summed E-state index contributed by atoms with van der Waals surface area (Å²) in [6.45, 7) is 2.88. The van der Waals surface area contributed by atoms with Gasteiger partial charge in [-0.2, -0.15) is 0 Å². The average molecular weight is 705 g/mol. The highest BCUT2D eigenvalue weighted by Crippen LogP contribution is 2.27. The highest BCUT2D eigenvalue weighted by atomic mass is 79.9. The van der Waals surface area contributed by atoms with E-state index in [0.29, 0.717) is 58.0 Å². The van der Waals surface area contributed by atoms with Crippen LogP contribution in [-0.2, 0) is 22.4 Å². The average Bonchev–Trinajstić information content (AvgIpc) is 3.16. The number of nitrogens with zero attached hydrogens (tertiary/aromatic N) is 4. The van der Waals surface area contributed by atoms with Gasteiger partial charge in [0, 0.05) is 65.9 Å². The molecule has 42 heavy (non-hydrogen) atoms. The zero-order valence-corrected chi connectivity index (χ0v) is 27.4. The van der Waals surface area contributed by atoms with Gasteiger partial charge in [0.2, 0.25) is 0 Å². The molecular formula is C31H39Br2N5O4. The van der Waals surface area contributed by atoms with Crippen molar-refractivity contribution < 1.29 is 19.1 Å². The zero-order chi connectivity index (χ0) is 29.8. The summed E-state index contributed by atoms with van der Waals surface area (Å²) >= 11 is 7.04. The molecule has 1 atom stereocenters. The quantitative estimate of drug-likeness (QED) is 0.438. The van der Waals surface area contributed by atoms with Crippen molar-refractivity contribution in [2.45, 2.75) is 56.7 Å². The number of likely N-dealkylation sites (tertiary alicyclic amines) is 2. The smallest absolute Gasteiger partial charge is 0.410 e. The van der Waals surface area contributed by atoms with Crippen molar-refractivity contribution in [1.82, 2.24) is 19.6 Å². The van der Waals surface area contributed by atoms with E-state index in [2.05, 4.69) is 56.2 Å². The first-order valence-corrected chi connectivity index (χ1v) is 16.3. The van der Waals surface area contributed by atoms with Crippen LogP contribution in [-0.4, -0.2) is 103 Å². The van der Waals surface area contributed by atoms with Crippen LogP contribution in [0.3, 0.4) is 0 Å². The Bertz CT molecular complexity index is 1290. The van der Waals surface area contributed by atoms with Crippen LogP contribution in [0.1, 0.15) is 36.8 Å². The van der Waals surface area contributed by atoms with E-state index in [4.69, 9.17) is 4.74 Å². The number of halogens is 2. The van der Waals surface area contributed by atoms with E-state index in [1.807, 2.05) is 52.3 Å². The first kappa shape index (κ1) is 30.8. The summed E-state index contributed by atoms with van der Waals surface area (Å²) in [5, 5.41) is 3.04. The van der Waals surface area contributed by atoms with Crippen molar-refractivity contribution in [2.75, 3.05) is 52.1 Å². The van der Waals surface area contributed by atoms with Gasteiger partial charge in [-0.3, -0.25) is 4.79 Å². The molecule has 3 aliphatic heterocycles. The Morgan fingerprint density at radius 1 is 0.952 bits per heavy atom. The number of carbonyl (C=O) groups is 3. The Balaban J connectivity index is 1.21. The van der Waals surface area contributed by atoms with Crippen LogP contribution in [0.4, 0.5) is 15.3 Å². The molecule has 1 unspecified atom stereocenters. The number of nitrogens with one attached hydrogen (secondary N) is 1. The number of fused-ring (bicyclic) bond motifs is 1. The molecule has 2 aromatic carbocycles. The number of urea groups is 1. The van der Waals surface area contributed by atoms with E-state index >= 15 is 0 Å². The molecule has 9 nitrogen and oxygen atoms in total. The maximum atomic E-state index is 13.7. The topological polar surface area (TPSA) is 85.4 Å². The number of hydrogen-bond acceptors (Lipinski definition) is 5. The molecule has 226 valence electrons. The third-order valence-electron chi connectivity index (χ3n) is 8.74. The molecule has 1 N–H and O–H groups in total. The molecule has 0 aliphatic carbocycles. The van der Waals surface area contributed by atoms with E-state index in [-0.39, 0.29) is 18.0 Å². The van der Waals surface area contributed by atoms with Crippen molar-refractivity contribution in [3.05, 3.63) is 62.5 Å². The second kappa shape index (κ2) is 13.8. The standard InChI is InChI=1S/C31H39Br2N5O4/c1-35(2)23-10-14-36(15-11-23)29(39)28(20-21-7-8-25(32)26(33)19-21)42-31(41)37-16-12-24(13-17-37)38-18-9-22-5-3-4-6-27(22)34-30(38)40/h3-8,19,23-24,28H,9-18,20H2,1-2H3,(H,34,40). The lowest BCUT2D eigenvalue weighted by atomic mass is 10.0. The Labute approximate surface area is 264 Å². The summed E-state index contributed by atoms with van der Waals surface area (Å²) in [4.78, 5) is 47.8. The summed E-state index contributed by atoms with van der Waals surface area (Å²) in [6, 6.07) is 14.1. The molecule has 5 rings (SSSR count). The molecule has 0 bridgehead atoms. The molecule has 2 fully saturated rings. The predicted octanol–water partition coefficient (Wildman–Crippen LogP) is 5.37. The van der Waals surface area contributed by atoms with Crippen molar-refractivity contribution in [3.8, 4) is 0 Å². The second-order valence-electron chi connectivity index (χ2n) is 11.6. The Hall–Kier alpha value is -2.63. The third-order valence-corrected chi connectivity index (χ3v) is 10.6. The van der Waals surface area contributed by atoms with E-state index in [0.717, 1.165) is 45.0 Å². The molecule has 0 aromatic heterocycles. The van der Waals surface area contributed by atoms with E-state index in [1.54, 1.807) is 4.90 Å². The van der Waals surface area contributed by atoms with Gasteiger partial charge in [-0.25, -0.2) is 9.59 Å². The first-order valence-electron chi connectivity index (χ1n) is 14.7. The number of carbonyl (C=O) groups excluding carboxylic acids is 3. The minimum Gasteiger partial charge on any atom is -0.436 e. The highest BCUT2D eigenvalue weighted by Gasteiger charge is 2.35. The molecule has 11 heteroatoms. The number of benzene rings is 2. The van der Waals surface area contributed by atoms with Gasteiger partial charge in [0.05, 0.1) is 0 Å². The van der Waals surface area contributed by atoms with Gasteiger partial charge < -0.3 is 29.7 Å². The molecule has 2 aromatic rings. The SMILES string of the molecule is CN(C)C1CCN(C(=O)C(Cc2ccc(Br)c(Br)c2)OC(=O)N2CCC(N3CCc4ccccc4NC3=O)CC2)CC1. The van der Waals surface area contributed by atoms with Gasteiger partial charge >= 0.3 is 12.1 Å². The molecule has 3 heterocycles. The second-order valence-corrected chi connectivity index (χ2v) is 13.3. The van der Waals surface area contributed by atoms with Crippen LogP contribution in [0.5, 0.6) is 0 Å². The van der Waals surface area contributed by atoms with Crippen LogP contribution in [0, 0.1) is 0 Å². The fraction of sp³-hybridized carbons (Fsp3) is 0.516. The molecule has 2 saturated heterocycles. The normalized spacial score (nSPS) is 19.3. The molecule has 4 amide bonds. The van der Waals surface area contributed by atoms with Gasteiger partial charge in [-0.1, -0.05) is 24.3 Å². The van der Waals surface area contributed by atoms with Crippen LogP contribution in [0.2, 0.25) is 0 Å². The maximum absolute atomic E-state index is 13.7. The van der Waals surface area contributed by atoms with Gasteiger partial charge in [-0.05, 0) is 107 Å². The van der Waals surface area contributed by atoms with Gasteiger partial charge in [0.1, 0.15) is 0 Å². The number of hydrogen-bond donors (Lipinski definition) is 1. The summed E-state index contributed by atoms with van der Waals surface area (Å²) in [5.74, 6) is -0.143. The van der Waals surface area contributed by atoms with E-state index < -0.39 is 12.2 Å². The van der Waals surface area contributed by atoms with Crippen molar-refractivity contribution >= 4 is 55.6 Å². The summed E-state index contributed by atoms with van der Waals surface area (Å²) in [7, 11) is 4.14. The zero-order valence-electron chi connectivity index (χ0n) is 24.2. The molecule has 0 spiro atoms. The Morgan fingerprint density at radius 3 is 2.33 bits per heavy atom. The van der Waals surface area contributed by atoms with Crippen LogP contribution in [0.25, 0.3) is 0 Å². The summed E-state index contributed by atoms with van der Waals surface area (Å²) in [5.41, 5.74) is 2.91. The van der Waals surface area contributed by atoms with Crippen LogP contribution in [0.15, 0.2) is 51.4 Å². The van der Waals surface area contributed by atoms with Gasteiger partial charge in [0.15, 0.2) is 6.10 Å². The number of anilines is 1. The Kier molecular flexibility index (Phi) is 10.1. The lowest BCUT2D eigenvalue weighted by Crippen LogP contribution is -2.52. The van der Waals surface area contributed by atoms with E-state index in [1.165, 1.54) is 0 Å². The largest absolute Gasteiger partial charge is 0.436 e. The fourth-order valence-electron chi connectivity index (χ4n) is 6.16.